The lowest BCUT2D eigenvalue weighted by Gasteiger charge is -2.30. The van der Waals surface area contributed by atoms with Gasteiger partial charge in [0.2, 0.25) is 20.0 Å². The van der Waals surface area contributed by atoms with Gasteiger partial charge in [0.05, 0.1) is 11.0 Å². The third-order valence-corrected chi connectivity index (χ3v) is 9.50. The zero-order valence-electron chi connectivity index (χ0n) is 17.2. The molecule has 0 atom stereocenters. The standard InChI is InChI=1S/C19H29F2N3O4S2/c1-13(2)30(27,28)23-15-6-4-14(5-7-15)12-22-16-10-17(20)19(18(21)11-16)24-8-3-9-29(24,25)26/h10-11,13-15,22-23H,3-9,12H2,1-2H3. The molecule has 1 aromatic rings. The number of sulfonamides is 2. The van der Waals surface area contributed by atoms with E-state index in [1.807, 2.05) is 0 Å². The van der Waals surface area contributed by atoms with Crippen molar-refractivity contribution in [2.45, 2.75) is 57.2 Å². The third kappa shape index (κ3) is 5.23. The Kier molecular flexibility index (Phi) is 6.93. The summed E-state index contributed by atoms with van der Waals surface area (Å²) in [6.07, 6.45) is 3.37. The van der Waals surface area contributed by atoms with Crippen molar-refractivity contribution in [3.8, 4) is 0 Å². The Hall–Kier alpha value is -1.46. The second kappa shape index (κ2) is 8.96. The van der Waals surface area contributed by atoms with E-state index in [1.165, 1.54) is 0 Å². The minimum atomic E-state index is -3.67. The predicted octanol–water partition coefficient (Wildman–Crippen LogP) is 2.80. The van der Waals surface area contributed by atoms with E-state index in [0.717, 1.165) is 29.3 Å². The van der Waals surface area contributed by atoms with Gasteiger partial charge in [0.15, 0.2) is 11.6 Å². The maximum atomic E-state index is 14.5. The predicted molar refractivity (Wildman–Crippen MR) is 114 cm³/mol. The highest BCUT2D eigenvalue weighted by atomic mass is 32.2. The minimum Gasteiger partial charge on any atom is -0.385 e. The molecular weight excluding hydrogens is 436 g/mol. The maximum absolute atomic E-state index is 14.5. The fraction of sp³-hybridized carbons (Fsp3) is 0.684. The molecule has 0 radical (unpaired) electrons. The van der Waals surface area contributed by atoms with E-state index in [1.54, 1.807) is 13.8 Å². The van der Waals surface area contributed by atoms with Gasteiger partial charge in [-0.1, -0.05) is 0 Å². The van der Waals surface area contributed by atoms with Gasteiger partial charge in [-0.15, -0.1) is 0 Å². The second-order valence-corrected chi connectivity index (χ2v) is 12.6. The molecule has 2 aliphatic rings. The topological polar surface area (TPSA) is 95.6 Å². The molecule has 2 fully saturated rings. The molecule has 3 rings (SSSR count). The zero-order chi connectivity index (χ0) is 22.1. The Morgan fingerprint density at radius 3 is 2.23 bits per heavy atom. The van der Waals surface area contributed by atoms with E-state index in [0.29, 0.717) is 25.8 Å². The monoisotopic (exact) mass is 465 g/mol. The van der Waals surface area contributed by atoms with Crippen molar-refractivity contribution in [1.29, 1.82) is 0 Å². The molecule has 0 unspecified atom stereocenters. The normalized spacial score (nSPS) is 24.4. The lowest BCUT2D eigenvalue weighted by atomic mass is 9.86. The van der Waals surface area contributed by atoms with Gasteiger partial charge in [-0.2, -0.15) is 0 Å². The van der Waals surface area contributed by atoms with Crippen molar-refractivity contribution in [2.24, 2.45) is 5.92 Å². The Labute approximate surface area is 177 Å². The highest BCUT2D eigenvalue weighted by molar-refractivity contribution is 7.93. The van der Waals surface area contributed by atoms with Crippen molar-refractivity contribution >= 4 is 31.4 Å². The number of nitrogens with zero attached hydrogens (tertiary/aromatic N) is 1. The number of hydrogen-bond donors (Lipinski definition) is 2. The molecule has 0 spiro atoms. The van der Waals surface area contributed by atoms with Crippen LogP contribution < -0.4 is 14.3 Å². The van der Waals surface area contributed by atoms with Crippen LogP contribution in [0.1, 0.15) is 46.0 Å². The quantitative estimate of drug-likeness (QED) is 0.646. The molecule has 7 nitrogen and oxygen atoms in total. The Bertz CT molecular complexity index is 952. The molecule has 0 aromatic heterocycles. The summed E-state index contributed by atoms with van der Waals surface area (Å²) < 4.78 is 80.4. The molecule has 1 aliphatic heterocycles. The van der Waals surface area contributed by atoms with Gasteiger partial charge in [-0.25, -0.2) is 30.3 Å². The molecule has 0 amide bonds. The van der Waals surface area contributed by atoms with Crippen LogP contribution in [0, 0.1) is 17.6 Å². The summed E-state index contributed by atoms with van der Waals surface area (Å²) in [5.41, 5.74) is -0.260. The second-order valence-electron chi connectivity index (χ2n) is 8.34. The van der Waals surface area contributed by atoms with Crippen molar-refractivity contribution < 1.29 is 25.6 Å². The summed E-state index contributed by atoms with van der Waals surface area (Å²) in [5, 5.41) is 2.56. The van der Waals surface area contributed by atoms with E-state index in [4.69, 9.17) is 0 Å². The first kappa shape index (κ1) is 23.2. The zero-order valence-corrected chi connectivity index (χ0v) is 18.8. The number of rotatable bonds is 7. The van der Waals surface area contributed by atoms with Crippen LogP contribution >= 0.6 is 0 Å². The van der Waals surface area contributed by atoms with Gasteiger partial charge in [-0.05, 0) is 64.0 Å². The first-order valence-corrected chi connectivity index (χ1v) is 13.4. The first-order chi connectivity index (χ1) is 14.0. The summed E-state index contributed by atoms with van der Waals surface area (Å²) in [6.45, 7) is 3.86. The highest BCUT2D eigenvalue weighted by Gasteiger charge is 2.33. The Balaban J connectivity index is 1.56. The molecule has 1 saturated heterocycles. The molecule has 1 saturated carbocycles. The molecule has 1 aromatic carbocycles. The van der Waals surface area contributed by atoms with Gasteiger partial charge in [0.1, 0.15) is 5.69 Å². The molecule has 170 valence electrons. The average molecular weight is 466 g/mol. The number of halogens is 2. The van der Waals surface area contributed by atoms with Crippen LogP contribution in [-0.4, -0.2) is 47.0 Å². The number of benzene rings is 1. The maximum Gasteiger partial charge on any atom is 0.235 e. The number of anilines is 2. The highest BCUT2D eigenvalue weighted by Crippen LogP contribution is 2.32. The molecule has 1 aliphatic carbocycles. The smallest absolute Gasteiger partial charge is 0.235 e. The fourth-order valence-electron chi connectivity index (χ4n) is 3.91. The van der Waals surface area contributed by atoms with Gasteiger partial charge in [-0.3, -0.25) is 4.31 Å². The average Bonchev–Trinajstić information content (AvgIpc) is 2.99. The fourth-order valence-corrected chi connectivity index (χ4v) is 6.46. The van der Waals surface area contributed by atoms with Gasteiger partial charge in [0.25, 0.3) is 0 Å². The minimum absolute atomic E-state index is 0.0761. The summed E-state index contributed by atoms with van der Waals surface area (Å²) in [5.74, 6) is -1.67. The van der Waals surface area contributed by atoms with Crippen LogP contribution in [0.5, 0.6) is 0 Å². The lowest BCUT2D eigenvalue weighted by molar-refractivity contribution is 0.323. The van der Waals surface area contributed by atoms with E-state index < -0.39 is 42.6 Å². The van der Waals surface area contributed by atoms with Crippen LogP contribution in [0.25, 0.3) is 0 Å². The molecule has 1 heterocycles. The number of hydrogen-bond acceptors (Lipinski definition) is 5. The number of nitrogens with one attached hydrogen (secondary N) is 2. The molecule has 0 bridgehead atoms. The molecule has 11 heteroatoms. The van der Waals surface area contributed by atoms with E-state index in [2.05, 4.69) is 10.0 Å². The molecule has 30 heavy (non-hydrogen) atoms. The summed E-state index contributed by atoms with van der Waals surface area (Å²) in [4.78, 5) is 0. The summed E-state index contributed by atoms with van der Waals surface area (Å²) in [7, 11) is -6.96. The van der Waals surface area contributed by atoms with Gasteiger partial charge < -0.3 is 5.32 Å². The van der Waals surface area contributed by atoms with E-state index in [-0.39, 0.29) is 29.9 Å². The summed E-state index contributed by atoms with van der Waals surface area (Å²) in [6, 6.07) is 2.16. The van der Waals surface area contributed by atoms with Crippen LogP contribution in [0.15, 0.2) is 12.1 Å². The molecule has 2 N–H and O–H groups in total. The Morgan fingerprint density at radius 1 is 1.13 bits per heavy atom. The lowest BCUT2D eigenvalue weighted by Crippen LogP contribution is -2.41. The van der Waals surface area contributed by atoms with Gasteiger partial charge in [0, 0.05) is 24.8 Å². The summed E-state index contributed by atoms with van der Waals surface area (Å²) >= 11 is 0. The van der Waals surface area contributed by atoms with E-state index >= 15 is 0 Å². The molecular formula is C19H29F2N3O4S2. The van der Waals surface area contributed by atoms with Gasteiger partial charge >= 0.3 is 0 Å². The van der Waals surface area contributed by atoms with Crippen LogP contribution in [0.3, 0.4) is 0 Å². The van der Waals surface area contributed by atoms with Crippen molar-refractivity contribution in [3.05, 3.63) is 23.8 Å². The third-order valence-electron chi connectivity index (χ3n) is 5.76. The van der Waals surface area contributed by atoms with Crippen molar-refractivity contribution in [3.63, 3.8) is 0 Å². The SMILES string of the molecule is CC(C)S(=O)(=O)NC1CCC(CNc2cc(F)c(N3CCCS3(=O)=O)c(F)c2)CC1. The first-order valence-electron chi connectivity index (χ1n) is 10.2. The van der Waals surface area contributed by atoms with Crippen LogP contribution in [0.2, 0.25) is 0 Å². The van der Waals surface area contributed by atoms with Crippen LogP contribution in [-0.2, 0) is 20.0 Å². The van der Waals surface area contributed by atoms with E-state index in [9.17, 15) is 25.6 Å². The Morgan fingerprint density at radius 2 is 1.73 bits per heavy atom. The van der Waals surface area contributed by atoms with Crippen LogP contribution in [0.4, 0.5) is 20.2 Å². The largest absolute Gasteiger partial charge is 0.385 e. The van der Waals surface area contributed by atoms with Crippen molar-refractivity contribution in [2.75, 3.05) is 28.5 Å². The van der Waals surface area contributed by atoms with Crippen molar-refractivity contribution in [1.82, 2.24) is 4.72 Å².